The lowest BCUT2D eigenvalue weighted by molar-refractivity contribution is -0.122. The maximum absolute atomic E-state index is 12.0. The Morgan fingerprint density at radius 3 is 2.68 bits per heavy atom. The molecule has 0 saturated carbocycles. The molecule has 0 aromatic heterocycles. The highest BCUT2D eigenvalue weighted by Gasteiger charge is 2.30. The van der Waals surface area contributed by atoms with Crippen LogP contribution in [0.1, 0.15) is 31.7 Å². The molecule has 1 heterocycles. The number of carbonyl (C=O) groups excluding carboxylic acids is 2. The van der Waals surface area contributed by atoms with Crippen LogP contribution in [0, 0.1) is 0 Å². The van der Waals surface area contributed by atoms with Crippen LogP contribution in [0.25, 0.3) is 0 Å². The van der Waals surface area contributed by atoms with E-state index in [1.807, 2.05) is 30.3 Å². The van der Waals surface area contributed by atoms with Gasteiger partial charge in [0.1, 0.15) is 6.61 Å². The Morgan fingerprint density at radius 1 is 1.26 bits per heavy atom. The third-order valence-corrected chi connectivity index (χ3v) is 3.41. The lowest BCUT2D eigenvalue weighted by Gasteiger charge is -2.33. The van der Waals surface area contributed by atoms with Gasteiger partial charge in [0.25, 0.3) is 0 Å². The molecular weight excluding hydrogens is 242 g/mol. The molecule has 1 amide bonds. The van der Waals surface area contributed by atoms with Gasteiger partial charge in [-0.2, -0.15) is 0 Å². The number of benzene rings is 1. The number of ketones is 1. The van der Waals surface area contributed by atoms with Crippen LogP contribution in [0.5, 0.6) is 0 Å². The molecule has 2 rings (SSSR count). The summed E-state index contributed by atoms with van der Waals surface area (Å²) in [4.78, 5) is 25.1. The van der Waals surface area contributed by atoms with E-state index in [2.05, 4.69) is 0 Å². The Balaban J connectivity index is 1.93. The lowest BCUT2D eigenvalue weighted by atomic mass is 10.00. The third kappa shape index (κ3) is 3.56. The van der Waals surface area contributed by atoms with Gasteiger partial charge in [0.2, 0.25) is 0 Å². The highest BCUT2D eigenvalue weighted by molar-refractivity contribution is 5.85. The maximum Gasteiger partial charge on any atom is 0.410 e. The molecule has 0 unspecified atom stereocenters. The SMILES string of the molecule is CC(=O)[C@H]1CCCCN1C(=O)OCc1ccccc1. The second-order valence-corrected chi connectivity index (χ2v) is 4.86. The average Bonchev–Trinajstić information content (AvgIpc) is 2.46. The average molecular weight is 261 g/mol. The van der Waals surface area contributed by atoms with E-state index in [1.54, 1.807) is 4.90 Å². The fraction of sp³-hybridized carbons (Fsp3) is 0.467. The van der Waals surface area contributed by atoms with Crippen molar-refractivity contribution in [2.24, 2.45) is 0 Å². The normalized spacial score (nSPS) is 19.0. The minimum atomic E-state index is -0.385. The zero-order valence-corrected chi connectivity index (χ0v) is 11.2. The molecule has 1 saturated heterocycles. The largest absolute Gasteiger partial charge is 0.445 e. The molecule has 1 aliphatic rings. The number of amides is 1. The highest BCUT2D eigenvalue weighted by Crippen LogP contribution is 2.19. The van der Waals surface area contributed by atoms with E-state index in [-0.39, 0.29) is 24.5 Å². The van der Waals surface area contributed by atoms with Crippen molar-refractivity contribution in [2.45, 2.75) is 38.8 Å². The topological polar surface area (TPSA) is 46.6 Å². The van der Waals surface area contributed by atoms with Crippen molar-refractivity contribution in [2.75, 3.05) is 6.54 Å². The fourth-order valence-corrected chi connectivity index (χ4v) is 2.37. The third-order valence-electron chi connectivity index (χ3n) is 3.41. The Kier molecular flexibility index (Phi) is 4.55. The van der Waals surface area contributed by atoms with Crippen LogP contribution in [-0.2, 0) is 16.1 Å². The number of carbonyl (C=O) groups is 2. The molecule has 0 aliphatic carbocycles. The molecule has 4 heteroatoms. The number of nitrogens with zero attached hydrogens (tertiary/aromatic N) is 1. The Hall–Kier alpha value is -1.84. The molecule has 1 atom stereocenters. The van der Waals surface area contributed by atoms with Crippen molar-refractivity contribution in [3.63, 3.8) is 0 Å². The van der Waals surface area contributed by atoms with Gasteiger partial charge in [0.05, 0.1) is 6.04 Å². The van der Waals surface area contributed by atoms with Gasteiger partial charge in [0, 0.05) is 6.54 Å². The van der Waals surface area contributed by atoms with Crippen LogP contribution in [0.4, 0.5) is 4.79 Å². The molecule has 1 aliphatic heterocycles. The van der Waals surface area contributed by atoms with Gasteiger partial charge in [0.15, 0.2) is 5.78 Å². The zero-order valence-electron chi connectivity index (χ0n) is 11.2. The molecule has 0 spiro atoms. The first kappa shape index (κ1) is 13.6. The number of hydrogen-bond acceptors (Lipinski definition) is 3. The van der Waals surface area contributed by atoms with E-state index in [1.165, 1.54) is 6.92 Å². The van der Waals surface area contributed by atoms with Gasteiger partial charge in [-0.3, -0.25) is 9.69 Å². The molecule has 4 nitrogen and oxygen atoms in total. The van der Waals surface area contributed by atoms with Crippen LogP contribution < -0.4 is 0 Å². The quantitative estimate of drug-likeness (QED) is 0.840. The molecule has 1 aromatic rings. The Bertz CT molecular complexity index is 444. The van der Waals surface area contributed by atoms with Gasteiger partial charge in [-0.15, -0.1) is 0 Å². The summed E-state index contributed by atoms with van der Waals surface area (Å²) >= 11 is 0. The predicted octanol–water partition coefficient (Wildman–Crippen LogP) is 2.77. The molecular formula is C15H19NO3. The van der Waals surface area contributed by atoms with E-state index in [9.17, 15) is 9.59 Å². The van der Waals surface area contributed by atoms with E-state index in [0.717, 1.165) is 24.8 Å². The number of ether oxygens (including phenoxy) is 1. The summed E-state index contributed by atoms with van der Waals surface area (Å²) in [5.41, 5.74) is 0.951. The zero-order chi connectivity index (χ0) is 13.7. The van der Waals surface area contributed by atoms with E-state index in [4.69, 9.17) is 4.74 Å². The number of hydrogen-bond donors (Lipinski definition) is 0. The summed E-state index contributed by atoms with van der Waals surface area (Å²) in [6.07, 6.45) is 2.29. The molecule has 0 radical (unpaired) electrons. The van der Waals surface area contributed by atoms with E-state index >= 15 is 0 Å². The van der Waals surface area contributed by atoms with Crippen LogP contribution in [0.2, 0.25) is 0 Å². The van der Waals surface area contributed by atoms with E-state index in [0.29, 0.717) is 6.54 Å². The van der Waals surface area contributed by atoms with Gasteiger partial charge >= 0.3 is 6.09 Å². The number of likely N-dealkylation sites (tertiary alicyclic amines) is 1. The summed E-state index contributed by atoms with van der Waals surface area (Å²) < 4.78 is 5.28. The van der Waals surface area contributed by atoms with Crippen molar-refractivity contribution < 1.29 is 14.3 Å². The van der Waals surface area contributed by atoms with Crippen LogP contribution >= 0.6 is 0 Å². The minimum Gasteiger partial charge on any atom is -0.445 e. The summed E-state index contributed by atoms with van der Waals surface area (Å²) in [6.45, 7) is 2.39. The predicted molar refractivity (Wildman–Crippen MR) is 71.7 cm³/mol. The van der Waals surface area contributed by atoms with Gasteiger partial charge < -0.3 is 4.74 Å². The first-order chi connectivity index (χ1) is 9.18. The van der Waals surface area contributed by atoms with Gasteiger partial charge in [-0.25, -0.2) is 4.79 Å². The van der Waals surface area contributed by atoms with Crippen LogP contribution in [0.3, 0.4) is 0 Å². The fourth-order valence-electron chi connectivity index (χ4n) is 2.37. The van der Waals surface area contributed by atoms with Gasteiger partial charge in [-0.1, -0.05) is 30.3 Å². The number of piperidine rings is 1. The molecule has 1 fully saturated rings. The molecule has 0 N–H and O–H groups in total. The van der Waals surface area contributed by atoms with Crippen molar-refractivity contribution >= 4 is 11.9 Å². The summed E-state index contributed by atoms with van der Waals surface area (Å²) in [5.74, 6) is 0.0383. The number of rotatable bonds is 3. The smallest absolute Gasteiger partial charge is 0.410 e. The standard InChI is InChI=1S/C15H19NO3/c1-12(17)14-9-5-6-10-16(14)15(18)19-11-13-7-3-2-4-8-13/h2-4,7-8,14H,5-6,9-11H2,1H3/t14-/m1/s1. The molecule has 1 aromatic carbocycles. The molecule has 19 heavy (non-hydrogen) atoms. The maximum atomic E-state index is 12.0. The Labute approximate surface area is 113 Å². The van der Waals surface area contributed by atoms with Crippen molar-refractivity contribution in [1.82, 2.24) is 4.90 Å². The second kappa shape index (κ2) is 6.36. The highest BCUT2D eigenvalue weighted by atomic mass is 16.6. The summed E-state index contributed by atoms with van der Waals surface area (Å²) in [5, 5.41) is 0. The van der Waals surface area contributed by atoms with Gasteiger partial charge in [-0.05, 0) is 31.7 Å². The first-order valence-corrected chi connectivity index (χ1v) is 6.66. The second-order valence-electron chi connectivity index (χ2n) is 4.86. The van der Waals surface area contributed by atoms with Crippen molar-refractivity contribution in [3.8, 4) is 0 Å². The molecule has 102 valence electrons. The Morgan fingerprint density at radius 2 is 2.00 bits per heavy atom. The van der Waals surface area contributed by atoms with Crippen LogP contribution in [0.15, 0.2) is 30.3 Å². The van der Waals surface area contributed by atoms with Crippen molar-refractivity contribution in [1.29, 1.82) is 0 Å². The first-order valence-electron chi connectivity index (χ1n) is 6.66. The summed E-state index contributed by atoms with van der Waals surface area (Å²) in [6, 6.07) is 9.24. The van der Waals surface area contributed by atoms with Crippen LogP contribution in [-0.4, -0.2) is 29.4 Å². The summed E-state index contributed by atoms with van der Waals surface area (Å²) in [7, 11) is 0. The number of Topliss-reactive ketones (excluding diaryl/α,β-unsaturated/α-hetero) is 1. The monoisotopic (exact) mass is 261 g/mol. The van der Waals surface area contributed by atoms with Crippen molar-refractivity contribution in [3.05, 3.63) is 35.9 Å². The van der Waals surface area contributed by atoms with E-state index < -0.39 is 0 Å². The molecule has 0 bridgehead atoms. The lowest BCUT2D eigenvalue weighted by Crippen LogP contribution is -2.47. The minimum absolute atomic E-state index is 0.0383.